The van der Waals surface area contributed by atoms with Crippen LogP contribution in [-0.2, 0) is 9.53 Å². The third-order valence-corrected chi connectivity index (χ3v) is 2.12. The normalized spacial score (nSPS) is 9.76. The molecule has 0 atom stereocenters. The van der Waals surface area contributed by atoms with E-state index in [4.69, 9.17) is 11.6 Å². The number of anilines is 1. The summed E-state index contributed by atoms with van der Waals surface area (Å²) in [6.07, 6.45) is 0. The van der Waals surface area contributed by atoms with E-state index in [0.717, 1.165) is 0 Å². The molecule has 1 aromatic carbocycles. The smallest absolute Gasteiger partial charge is 0.325 e. The van der Waals surface area contributed by atoms with E-state index >= 15 is 0 Å². The van der Waals surface area contributed by atoms with Gasteiger partial charge < -0.3 is 10.1 Å². The van der Waals surface area contributed by atoms with E-state index in [0.29, 0.717) is 5.02 Å². The van der Waals surface area contributed by atoms with Gasteiger partial charge in [0.2, 0.25) is 0 Å². The molecule has 0 spiro atoms. The molecule has 92 valence electrons. The van der Waals surface area contributed by atoms with E-state index < -0.39 is 10.9 Å². The molecule has 0 saturated carbocycles. The molecule has 0 aliphatic carbocycles. The Balaban J connectivity index is 2.78. The summed E-state index contributed by atoms with van der Waals surface area (Å²) in [4.78, 5) is 21.3. The number of nitro benzene ring substituents is 1. The van der Waals surface area contributed by atoms with Gasteiger partial charge in [-0.05, 0) is 19.1 Å². The van der Waals surface area contributed by atoms with Gasteiger partial charge in [0.15, 0.2) is 0 Å². The Bertz CT molecular complexity index is 436. The molecule has 0 heterocycles. The summed E-state index contributed by atoms with van der Waals surface area (Å²) in [6.45, 7) is 1.80. The van der Waals surface area contributed by atoms with Crippen molar-refractivity contribution >= 4 is 28.9 Å². The van der Waals surface area contributed by atoms with Gasteiger partial charge in [-0.2, -0.15) is 0 Å². The molecule has 0 bridgehead atoms. The Labute approximate surface area is 103 Å². The second kappa shape index (κ2) is 6.05. The number of nitrogens with one attached hydrogen (secondary N) is 1. The number of hydrogen-bond donors (Lipinski definition) is 1. The van der Waals surface area contributed by atoms with Gasteiger partial charge in [-0.25, -0.2) is 0 Å². The van der Waals surface area contributed by atoms with Crippen LogP contribution >= 0.6 is 11.6 Å². The topological polar surface area (TPSA) is 81.5 Å². The molecular weight excluding hydrogens is 248 g/mol. The number of halogens is 1. The minimum atomic E-state index is -0.552. The highest BCUT2D eigenvalue weighted by Gasteiger charge is 2.14. The van der Waals surface area contributed by atoms with Crippen LogP contribution in [0.1, 0.15) is 6.92 Å². The van der Waals surface area contributed by atoms with Crippen LogP contribution in [0.4, 0.5) is 11.4 Å². The van der Waals surface area contributed by atoms with E-state index in [1.165, 1.54) is 18.2 Å². The van der Waals surface area contributed by atoms with Gasteiger partial charge in [0.05, 0.1) is 11.5 Å². The Morgan fingerprint density at radius 1 is 1.59 bits per heavy atom. The van der Waals surface area contributed by atoms with E-state index in [1.54, 1.807) is 6.92 Å². The highest BCUT2D eigenvalue weighted by molar-refractivity contribution is 6.31. The van der Waals surface area contributed by atoms with Crippen molar-refractivity contribution in [1.82, 2.24) is 0 Å². The molecule has 1 rings (SSSR count). The van der Waals surface area contributed by atoms with Crippen molar-refractivity contribution in [2.45, 2.75) is 6.92 Å². The summed E-state index contributed by atoms with van der Waals surface area (Å²) in [6, 6.07) is 4.07. The van der Waals surface area contributed by atoms with E-state index in [2.05, 4.69) is 10.1 Å². The summed E-state index contributed by atoms with van der Waals surface area (Å²) >= 11 is 5.72. The van der Waals surface area contributed by atoms with Gasteiger partial charge in [0, 0.05) is 11.1 Å². The fourth-order valence-corrected chi connectivity index (χ4v) is 1.36. The highest BCUT2D eigenvalue weighted by atomic mass is 35.5. The van der Waals surface area contributed by atoms with Crippen LogP contribution in [0, 0.1) is 10.1 Å². The zero-order valence-electron chi connectivity index (χ0n) is 9.10. The average molecular weight is 259 g/mol. The highest BCUT2D eigenvalue weighted by Crippen LogP contribution is 2.27. The fourth-order valence-electron chi connectivity index (χ4n) is 1.19. The lowest BCUT2D eigenvalue weighted by molar-refractivity contribution is -0.383. The summed E-state index contributed by atoms with van der Waals surface area (Å²) in [5, 5.41) is 13.7. The molecule has 0 aliphatic heterocycles. The summed E-state index contributed by atoms with van der Waals surface area (Å²) < 4.78 is 4.69. The first-order valence-electron chi connectivity index (χ1n) is 4.88. The van der Waals surface area contributed by atoms with Crippen LogP contribution in [0.2, 0.25) is 5.02 Å². The zero-order chi connectivity index (χ0) is 12.8. The molecule has 0 amide bonds. The molecule has 17 heavy (non-hydrogen) atoms. The van der Waals surface area contributed by atoms with Crippen molar-refractivity contribution in [3.8, 4) is 0 Å². The van der Waals surface area contributed by atoms with Crippen molar-refractivity contribution in [1.29, 1.82) is 0 Å². The third-order valence-electron chi connectivity index (χ3n) is 1.88. The number of nitro groups is 1. The predicted molar refractivity (Wildman–Crippen MR) is 63.2 cm³/mol. The molecular formula is C10H11ClN2O4. The first-order valence-corrected chi connectivity index (χ1v) is 5.25. The van der Waals surface area contributed by atoms with Gasteiger partial charge in [-0.1, -0.05) is 11.6 Å². The molecule has 1 aromatic rings. The molecule has 0 aromatic heterocycles. The van der Waals surface area contributed by atoms with Crippen molar-refractivity contribution < 1.29 is 14.5 Å². The first kappa shape index (κ1) is 13.2. The van der Waals surface area contributed by atoms with Crippen LogP contribution < -0.4 is 5.32 Å². The third kappa shape index (κ3) is 3.92. The Hall–Kier alpha value is -1.82. The van der Waals surface area contributed by atoms with Crippen molar-refractivity contribution in [2.24, 2.45) is 0 Å². The van der Waals surface area contributed by atoms with Crippen LogP contribution in [0.3, 0.4) is 0 Å². The van der Waals surface area contributed by atoms with Gasteiger partial charge in [0.1, 0.15) is 12.2 Å². The van der Waals surface area contributed by atoms with E-state index in [1.807, 2.05) is 0 Å². The number of benzene rings is 1. The maximum atomic E-state index is 11.1. The van der Waals surface area contributed by atoms with Crippen molar-refractivity contribution in [2.75, 3.05) is 18.5 Å². The van der Waals surface area contributed by atoms with Crippen molar-refractivity contribution in [3.63, 3.8) is 0 Å². The summed E-state index contributed by atoms with van der Waals surface area (Å²) in [5.74, 6) is -0.484. The lowest BCUT2D eigenvalue weighted by atomic mass is 10.2. The number of esters is 1. The predicted octanol–water partition coefficient (Wildman–Crippen LogP) is 2.22. The van der Waals surface area contributed by atoms with Gasteiger partial charge in [-0.15, -0.1) is 0 Å². The minimum Gasteiger partial charge on any atom is -0.465 e. The second-order valence-electron chi connectivity index (χ2n) is 3.08. The minimum absolute atomic E-state index is 0.140. The van der Waals surface area contributed by atoms with Gasteiger partial charge in [0.25, 0.3) is 5.69 Å². The second-order valence-corrected chi connectivity index (χ2v) is 3.51. The van der Waals surface area contributed by atoms with Crippen LogP contribution in [0.25, 0.3) is 0 Å². The maximum absolute atomic E-state index is 11.1. The Morgan fingerprint density at radius 3 is 2.88 bits per heavy atom. The number of carbonyl (C=O) groups is 1. The maximum Gasteiger partial charge on any atom is 0.325 e. The van der Waals surface area contributed by atoms with Crippen LogP contribution in [0.15, 0.2) is 18.2 Å². The summed E-state index contributed by atoms with van der Waals surface area (Å²) in [7, 11) is 0. The van der Waals surface area contributed by atoms with Gasteiger partial charge in [-0.3, -0.25) is 14.9 Å². The Kier molecular flexibility index (Phi) is 4.71. The molecule has 0 saturated heterocycles. The largest absolute Gasteiger partial charge is 0.465 e. The molecule has 0 fully saturated rings. The van der Waals surface area contributed by atoms with Crippen molar-refractivity contribution in [3.05, 3.63) is 33.3 Å². The lowest BCUT2D eigenvalue weighted by Crippen LogP contribution is -2.17. The molecule has 1 N–H and O–H groups in total. The number of nitrogens with zero attached hydrogens (tertiary/aromatic N) is 1. The number of hydrogen-bond acceptors (Lipinski definition) is 5. The molecule has 0 aliphatic rings. The lowest BCUT2D eigenvalue weighted by Gasteiger charge is -2.06. The standard InChI is InChI=1S/C10H11ClN2O4/c1-2-17-10(14)6-12-8-5-7(11)3-4-9(8)13(15)16/h3-5,12H,2,6H2,1H3. The molecule has 0 radical (unpaired) electrons. The average Bonchev–Trinajstić information content (AvgIpc) is 2.26. The SMILES string of the molecule is CCOC(=O)CNc1cc(Cl)ccc1[N+](=O)[O-]. The Morgan fingerprint density at radius 2 is 2.29 bits per heavy atom. The number of ether oxygens (including phenoxy) is 1. The van der Waals surface area contributed by atoms with Crippen LogP contribution in [0.5, 0.6) is 0 Å². The molecule has 6 nitrogen and oxygen atoms in total. The van der Waals surface area contributed by atoms with E-state index in [9.17, 15) is 14.9 Å². The quantitative estimate of drug-likeness (QED) is 0.497. The van der Waals surface area contributed by atoms with Gasteiger partial charge >= 0.3 is 5.97 Å². The zero-order valence-corrected chi connectivity index (χ0v) is 9.86. The van der Waals surface area contributed by atoms with E-state index in [-0.39, 0.29) is 24.5 Å². The fraction of sp³-hybridized carbons (Fsp3) is 0.300. The number of carbonyl (C=O) groups excluding carboxylic acids is 1. The summed E-state index contributed by atoms with van der Waals surface area (Å²) in [5.41, 5.74) is 0.0502. The monoisotopic (exact) mass is 258 g/mol. The van der Waals surface area contributed by atoms with Crippen LogP contribution in [-0.4, -0.2) is 24.0 Å². The first-order chi connectivity index (χ1) is 8.04. The number of rotatable bonds is 5. The molecule has 0 unspecified atom stereocenters. The molecule has 7 heteroatoms.